The third-order valence-corrected chi connectivity index (χ3v) is 9.68. The summed E-state index contributed by atoms with van der Waals surface area (Å²) in [6, 6.07) is 17.9. The second-order valence-corrected chi connectivity index (χ2v) is 14.5. The van der Waals surface area contributed by atoms with E-state index < -0.39 is 17.7 Å². The van der Waals surface area contributed by atoms with Crippen LogP contribution in [-0.4, -0.2) is 59.2 Å². The molecule has 0 unspecified atom stereocenters. The van der Waals surface area contributed by atoms with Crippen molar-refractivity contribution in [3.63, 3.8) is 0 Å². The standard InChI is InChI=1S/C37H40Cl4N2O5/c1-5-31-32(35(44)43(25-14-15-25)22-24-8-6-9-28(38)33(24)41)27(18-19-42(31)36(45)48-37(2,3)4)23-12-16-26(17-13-23)46-20-21-47-34-29(39)10-7-11-30(34)40/h6-13,16-17,25,31H,5,14-15,18-22H2,1-4H3/t31-/m1/s1. The Bertz CT molecular complexity index is 1650. The Morgan fingerprint density at radius 2 is 1.50 bits per heavy atom. The molecule has 1 fully saturated rings. The quantitative estimate of drug-likeness (QED) is 0.184. The van der Waals surface area contributed by atoms with E-state index in [2.05, 4.69) is 0 Å². The molecule has 11 heteroatoms. The Kier molecular flexibility index (Phi) is 11.8. The van der Waals surface area contributed by atoms with E-state index in [1.165, 1.54) is 0 Å². The number of hydrogen-bond donors (Lipinski definition) is 0. The number of hydrogen-bond acceptors (Lipinski definition) is 5. The molecule has 1 aliphatic heterocycles. The van der Waals surface area contributed by atoms with Gasteiger partial charge < -0.3 is 24.0 Å². The summed E-state index contributed by atoms with van der Waals surface area (Å²) in [7, 11) is 0. The monoisotopic (exact) mass is 732 g/mol. The van der Waals surface area contributed by atoms with E-state index in [1.807, 2.05) is 69.0 Å². The molecule has 2 aliphatic rings. The zero-order valence-corrected chi connectivity index (χ0v) is 30.6. The average Bonchev–Trinajstić information content (AvgIpc) is 3.89. The van der Waals surface area contributed by atoms with Crippen LogP contribution >= 0.6 is 46.4 Å². The van der Waals surface area contributed by atoms with Gasteiger partial charge in [0.05, 0.1) is 26.1 Å². The SMILES string of the molecule is CC[C@@H]1C(C(=O)N(Cc2cccc(Cl)c2Cl)C2CC2)=C(c2ccc(OCCOc3c(Cl)cccc3Cl)cc2)CCN1C(=O)OC(C)(C)C. The highest BCUT2D eigenvalue weighted by atomic mass is 35.5. The summed E-state index contributed by atoms with van der Waals surface area (Å²) >= 11 is 25.3. The topological polar surface area (TPSA) is 68.3 Å². The summed E-state index contributed by atoms with van der Waals surface area (Å²) in [5.41, 5.74) is 2.49. The molecule has 5 rings (SSSR count). The first-order chi connectivity index (χ1) is 22.9. The van der Waals surface area contributed by atoms with Crippen LogP contribution in [0.2, 0.25) is 20.1 Å². The van der Waals surface area contributed by atoms with Crippen molar-refractivity contribution in [2.45, 2.75) is 77.6 Å². The van der Waals surface area contributed by atoms with Gasteiger partial charge in [-0.1, -0.05) is 83.7 Å². The van der Waals surface area contributed by atoms with Gasteiger partial charge in [0.1, 0.15) is 24.6 Å². The van der Waals surface area contributed by atoms with Gasteiger partial charge in [0.15, 0.2) is 5.75 Å². The Balaban J connectivity index is 1.42. The van der Waals surface area contributed by atoms with E-state index in [4.69, 9.17) is 60.6 Å². The molecule has 2 amide bonds. The van der Waals surface area contributed by atoms with Crippen molar-refractivity contribution in [3.8, 4) is 11.5 Å². The van der Waals surface area contributed by atoms with Crippen molar-refractivity contribution in [2.24, 2.45) is 0 Å². The molecule has 0 N–H and O–H groups in total. The molecule has 256 valence electrons. The molecule has 0 radical (unpaired) electrons. The maximum absolute atomic E-state index is 14.7. The van der Waals surface area contributed by atoms with E-state index in [9.17, 15) is 9.59 Å². The normalized spacial score (nSPS) is 16.5. The van der Waals surface area contributed by atoms with Crippen LogP contribution in [0.4, 0.5) is 4.79 Å². The van der Waals surface area contributed by atoms with Crippen LogP contribution in [0, 0.1) is 0 Å². The molecule has 1 aliphatic carbocycles. The lowest BCUT2D eigenvalue weighted by atomic mass is 9.86. The van der Waals surface area contributed by atoms with Gasteiger partial charge in [0.25, 0.3) is 5.91 Å². The number of carbonyl (C=O) groups excluding carboxylic acids is 2. The highest BCUT2D eigenvalue weighted by molar-refractivity contribution is 6.42. The molecule has 0 aromatic heterocycles. The number of carbonyl (C=O) groups is 2. The number of nitrogens with zero attached hydrogens (tertiary/aromatic N) is 2. The van der Waals surface area contributed by atoms with Crippen molar-refractivity contribution in [2.75, 3.05) is 19.8 Å². The van der Waals surface area contributed by atoms with Crippen LogP contribution in [0.5, 0.6) is 11.5 Å². The van der Waals surface area contributed by atoms with Crippen LogP contribution in [0.25, 0.3) is 5.57 Å². The minimum absolute atomic E-state index is 0.0781. The molecule has 0 bridgehead atoms. The highest BCUT2D eigenvalue weighted by Crippen LogP contribution is 2.39. The molecule has 1 atom stereocenters. The van der Waals surface area contributed by atoms with E-state index in [1.54, 1.807) is 29.2 Å². The lowest BCUT2D eigenvalue weighted by Gasteiger charge is -2.40. The summed E-state index contributed by atoms with van der Waals surface area (Å²) in [6.45, 7) is 8.78. The van der Waals surface area contributed by atoms with Gasteiger partial charge in [-0.25, -0.2) is 4.79 Å². The van der Waals surface area contributed by atoms with Gasteiger partial charge in [-0.05, 0) is 93.5 Å². The lowest BCUT2D eigenvalue weighted by molar-refractivity contribution is -0.129. The Morgan fingerprint density at radius 3 is 2.12 bits per heavy atom. The van der Waals surface area contributed by atoms with Crippen molar-refractivity contribution < 1.29 is 23.8 Å². The number of benzene rings is 3. The fraction of sp³-hybridized carbons (Fsp3) is 0.405. The van der Waals surface area contributed by atoms with Crippen molar-refractivity contribution in [3.05, 3.63) is 97.5 Å². The Hall–Kier alpha value is -3.10. The zero-order chi connectivity index (χ0) is 34.6. The van der Waals surface area contributed by atoms with Crippen LogP contribution < -0.4 is 9.47 Å². The molecule has 1 saturated carbocycles. The number of amides is 2. The molecule has 0 spiro atoms. The third kappa shape index (κ3) is 8.73. The molecule has 0 saturated heterocycles. The molecular formula is C37H40Cl4N2O5. The van der Waals surface area contributed by atoms with Crippen LogP contribution in [0.3, 0.4) is 0 Å². The van der Waals surface area contributed by atoms with Crippen LogP contribution in [0.1, 0.15) is 64.5 Å². The van der Waals surface area contributed by atoms with Crippen LogP contribution in [0.15, 0.2) is 66.2 Å². The summed E-state index contributed by atoms with van der Waals surface area (Å²) < 4.78 is 17.5. The number of rotatable bonds is 11. The molecule has 1 heterocycles. The summed E-state index contributed by atoms with van der Waals surface area (Å²) in [4.78, 5) is 31.8. The van der Waals surface area contributed by atoms with Gasteiger partial charge in [-0.15, -0.1) is 0 Å². The van der Waals surface area contributed by atoms with Crippen molar-refractivity contribution in [1.29, 1.82) is 0 Å². The minimum Gasteiger partial charge on any atom is -0.490 e. The first-order valence-corrected chi connectivity index (χ1v) is 17.7. The molecule has 3 aromatic rings. The zero-order valence-electron chi connectivity index (χ0n) is 27.5. The number of para-hydroxylation sites is 1. The molecular weight excluding hydrogens is 694 g/mol. The fourth-order valence-corrected chi connectivity index (χ4v) is 6.74. The third-order valence-electron chi connectivity index (χ3n) is 8.22. The van der Waals surface area contributed by atoms with Gasteiger partial charge >= 0.3 is 6.09 Å². The van der Waals surface area contributed by atoms with E-state index in [0.29, 0.717) is 63.1 Å². The maximum atomic E-state index is 14.7. The van der Waals surface area contributed by atoms with Gasteiger partial charge in [0.2, 0.25) is 0 Å². The summed E-state index contributed by atoms with van der Waals surface area (Å²) in [6.07, 6.45) is 2.39. The fourth-order valence-electron chi connectivity index (χ4n) is 5.85. The predicted octanol–water partition coefficient (Wildman–Crippen LogP) is 10.1. The lowest BCUT2D eigenvalue weighted by Crippen LogP contribution is -2.50. The average molecular weight is 735 g/mol. The molecule has 48 heavy (non-hydrogen) atoms. The number of halogens is 4. The largest absolute Gasteiger partial charge is 0.490 e. The first-order valence-electron chi connectivity index (χ1n) is 16.1. The highest BCUT2D eigenvalue weighted by Gasteiger charge is 2.42. The smallest absolute Gasteiger partial charge is 0.410 e. The first kappa shape index (κ1) is 36.2. The summed E-state index contributed by atoms with van der Waals surface area (Å²) in [5.74, 6) is 0.957. The van der Waals surface area contributed by atoms with Gasteiger partial charge in [-0.3, -0.25) is 4.79 Å². The van der Waals surface area contributed by atoms with Gasteiger partial charge in [0, 0.05) is 24.7 Å². The van der Waals surface area contributed by atoms with Crippen molar-refractivity contribution in [1.82, 2.24) is 9.80 Å². The summed E-state index contributed by atoms with van der Waals surface area (Å²) in [5, 5.41) is 1.75. The maximum Gasteiger partial charge on any atom is 0.410 e. The number of ether oxygens (including phenoxy) is 3. The van der Waals surface area contributed by atoms with E-state index >= 15 is 0 Å². The second-order valence-electron chi connectivity index (χ2n) is 12.9. The Morgan fingerprint density at radius 1 is 0.875 bits per heavy atom. The molecule has 7 nitrogen and oxygen atoms in total. The van der Waals surface area contributed by atoms with E-state index in [0.717, 1.165) is 29.5 Å². The van der Waals surface area contributed by atoms with Crippen LogP contribution in [-0.2, 0) is 16.1 Å². The minimum atomic E-state index is -0.673. The predicted molar refractivity (Wildman–Crippen MR) is 192 cm³/mol. The van der Waals surface area contributed by atoms with Crippen molar-refractivity contribution >= 4 is 64.0 Å². The second kappa shape index (κ2) is 15.6. The van der Waals surface area contributed by atoms with Gasteiger partial charge in [-0.2, -0.15) is 0 Å². The molecule has 3 aromatic carbocycles. The Labute approximate surface area is 302 Å². The van der Waals surface area contributed by atoms with E-state index in [-0.39, 0.29) is 25.2 Å².